The summed E-state index contributed by atoms with van der Waals surface area (Å²) in [7, 11) is 0. The van der Waals surface area contributed by atoms with Gasteiger partial charge in [0.15, 0.2) is 0 Å². The van der Waals surface area contributed by atoms with E-state index in [1.165, 1.54) is 0 Å². The Labute approximate surface area is 104 Å². The molecule has 2 heterocycles. The molecule has 1 fully saturated rings. The summed E-state index contributed by atoms with van der Waals surface area (Å²) in [5, 5.41) is 3.88. The van der Waals surface area contributed by atoms with Crippen LogP contribution in [0.15, 0.2) is 10.8 Å². The van der Waals surface area contributed by atoms with Gasteiger partial charge in [-0.2, -0.15) is 11.3 Å². The Kier molecular flexibility index (Phi) is 3.25. The maximum absolute atomic E-state index is 12.3. The van der Waals surface area contributed by atoms with Gasteiger partial charge in [0.2, 0.25) is 0 Å². The summed E-state index contributed by atoms with van der Waals surface area (Å²) in [6, 6.07) is -0.0539. The summed E-state index contributed by atoms with van der Waals surface area (Å²) < 4.78 is 0. The lowest BCUT2D eigenvalue weighted by Crippen LogP contribution is -2.42. The van der Waals surface area contributed by atoms with Crippen LogP contribution in [-0.4, -0.2) is 28.4 Å². The van der Waals surface area contributed by atoms with Gasteiger partial charge in [-0.05, 0) is 30.7 Å². The first kappa shape index (κ1) is 11.5. The highest BCUT2D eigenvalue weighted by Gasteiger charge is 2.31. The summed E-state index contributed by atoms with van der Waals surface area (Å²) in [5.74, 6) is 0.0639. The van der Waals surface area contributed by atoms with Crippen molar-refractivity contribution in [2.75, 3.05) is 6.54 Å². The number of thiophene rings is 1. The molecule has 5 heteroatoms. The molecule has 0 aliphatic carbocycles. The molecule has 3 nitrogen and oxygen atoms in total. The Balaban J connectivity index is 2.22. The van der Waals surface area contributed by atoms with Crippen molar-refractivity contribution in [3.8, 4) is 0 Å². The van der Waals surface area contributed by atoms with E-state index in [2.05, 4.69) is 0 Å². The normalized spacial score (nSPS) is 20.1. The lowest BCUT2D eigenvalue weighted by atomic mass is 10.1. The molecule has 0 radical (unpaired) electrons. The maximum Gasteiger partial charge on any atom is 0.255 e. The average molecular weight is 254 g/mol. The number of amides is 1. The van der Waals surface area contributed by atoms with Crippen LogP contribution in [0.25, 0.3) is 0 Å². The van der Waals surface area contributed by atoms with E-state index in [0.29, 0.717) is 4.99 Å². The van der Waals surface area contributed by atoms with Crippen molar-refractivity contribution in [2.45, 2.75) is 25.8 Å². The topological polar surface area (TPSA) is 46.3 Å². The van der Waals surface area contributed by atoms with Gasteiger partial charge in [0.1, 0.15) is 0 Å². The van der Waals surface area contributed by atoms with Crippen molar-refractivity contribution < 1.29 is 4.79 Å². The van der Waals surface area contributed by atoms with Crippen LogP contribution in [0.1, 0.15) is 28.8 Å². The van der Waals surface area contributed by atoms with Gasteiger partial charge in [0.25, 0.3) is 5.91 Å². The van der Waals surface area contributed by atoms with Crippen LogP contribution in [0.3, 0.4) is 0 Å². The van der Waals surface area contributed by atoms with E-state index in [-0.39, 0.29) is 11.9 Å². The molecular weight excluding hydrogens is 240 g/mol. The Morgan fingerprint density at radius 3 is 2.94 bits per heavy atom. The van der Waals surface area contributed by atoms with Crippen molar-refractivity contribution in [2.24, 2.45) is 5.73 Å². The van der Waals surface area contributed by atoms with Gasteiger partial charge in [0, 0.05) is 11.9 Å². The van der Waals surface area contributed by atoms with E-state index in [4.69, 9.17) is 18.0 Å². The molecule has 1 atom stereocenters. The molecular formula is C11H14N2OS2. The highest BCUT2D eigenvalue weighted by atomic mass is 32.1. The number of carbonyl (C=O) groups is 1. The number of carbonyl (C=O) groups excluding carboxylic acids is 1. The molecule has 0 aromatic carbocycles. The largest absolute Gasteiger partial charge is 0.392 e. The first-order valence-corrected chi connectivity index (χ1v) is 6.59. The molecule has 1 unspecified atom stereocenters. The van der Waals surface area contributed by atoms with Gasteiger partial charge in [0.05, 0.1) is 16.6 Å². The maximum atomic E-state index is 12.3. The quantitative estimate of drug-likeness (QED) is 0.821. The van der Waals surface area contributed by atoms with E-state index in [9.17, 15) is 4.79 Å². The molecule has 1 aromatic heterocycles. The molecule has 0 bridgehead atoms. The predicted octanol–water partition coefficient (Wildman–Crippen LogP) is 1.95. The molecule has 1 aliphatic heterocycles. The van der Waals surface area contributed by atoms with Gasteiger partial charge >= 0.3 is 0 Å². The van der Waals surface area contributed by atoms with Gasteiger partial charge in [-0.3, -0.25) is 4.79 Å². The monoisotopic (exact) mass is 254 g/mol. The molecule has 1 aliphatic rings. The molecule has 0 saturated carbocycles. The van der Waals surface area contributed by atoms with Crippen LogP contribution >= 0.6 is 23.6 Å². The number of hydrogen-bond acceptors (Lipinski definition) is 3. The second kappa shape index (κ2) is 4.51. The van der Waals surface area contributed by atoms with Crippen molar-refractivity contribution in [3.05, 3.63) is 21.9 Å². The predicted molar refractivity (Wildman–Crippen MR) is 69.9 cm³/mol. The highest BCUT2D eigenvalue weighted by Crippen LogP contribution is 2.23. The minimum Gasteiger partial charge on any atom is -0.392 e. The molecule has 0 spiro atoms. The molecule has 2 N–H and O–H groups in total. The molecule has 2 rings (SSSR count). The Bertz CT molecular complexity index is 427. The third-order valence-corrected chi connectivity index (χ3v) is 4.06. The summed E-state index contributed by atoms with van der Waals surface area (Å²) >= 11 is 6.55. The fraction of sp³-hybridized carbons (Fsp3) is 0.455. The van der Waals surface area contributed by atoms with Gasteiger partial charge < -0.3 is 10.6 Å². The SMILES string of the molecule is Cc1cscc1C(=O)N1CCCC1C(N)=S. The summed E-state index contributed by atoms with van der Waals surface area (Å²) in [6.07, 6.45) is 1.88. The standard InChI is InChI=1S/C11H14N2OS2/c1-7-5-16-6-8(7)11(14)13-4-2-3-9(13)10(12)15/h5-6,9H,2-4H2,1H3,(H2,12,15). The van der Waals surface area contributed by atoms with Crippen LogP contribution in [0.4, 0.5) is 0 Å². The number of nitrogens with zero attached hydrogens (tertiary/aromatic N) is 1. The van der Waals surface area contributed by atoms with E-state index in [1.807, 2.05) is 17.7 Å². The van der Waals surface area contributed by atoms with Gasteiger partial charge in [-0.1, -0.05) is 12.2 Å². The second-order valence-electron chi connectivity index (χ2n) is 4.03. The van der Waals surface area contributed by atoms with Crippen molar-refractivity contribution in [1.82, 2.24) is 4.90 Å². The molecule has 1 aromatic rings. The fourth-order valence-corrected chi connectivity index (χ4v) is 3.11. The van der Waals surface area contributed by atoms with Crippen molar-refractivity contribution in [3.63, 3.8) is 0 Å². The molecule has 1 amide bonds. The van der Waals surface area contributed by atoms with Crippen LogP contribution in [0.2, 0.25) is 0 Å². The van der Waals surface area contributed by atoms with Crippen molar-refractivity contribution >= 4 is 34.5 Å². The van der Waals surface area contributed by atoms with E-state index < -0.39 is 0 Å². The van der Waals surface area contributed by atoms with Gasteiger partial charge in [-0.25, -0.2) is 0 Å². The number of hydrogen-bond donors (Lipinski definition) is 1. The molecule has 16 heavy (non-hydrogen) atoms. The minimum absolute atomic E-state index is 0.0539. The number of thiocarbonyl (C=S) groups is 1. The third-order valence-electron chi connectivity index (χ3n) is 2.93. The smallest absolute Gasteiger partial charge is 0.255 e. The lowest BCUT2D eigenvalue weighted by Gasteiger charge is -2.23. The zero-order valence-corrected chi connectivity index (χ0v) is 10.7. The zero-order valence-electron chi connectivity index (χ0n) is 9.10. The second-order valence-corrected chi connectivity index (χ2v) is 5.24. The first-order valence-electron chi connectivity index (χ1n) is 5.24. The van der Waals surface area contributed by atoms with E-state index >= 15 is 0 Å². The third kappa shape index (κ3) is 1.97. The van der Waals surface area contributed by atoms with Crippen LogP contribution in [0, 0.1) is 6.92 Å². The zero-order chi connectivity index (χ0) is 11.7. The summed E-state index contributed by atoms with van der Waals surface area (Å²) in [4.78, 5) is 14.5. The van der Waals surface area contributed by atoms with Crippen LogP contribution < -0.4 is 5.73 Å². The van der Waals surface area contributed by atoms with E-state index in [0.717, 1.165) is 30.5 Å². The van der Waals surface area contributed by atoms with E-state index in [1.54, 1.807) is 16.2 Å². The minimum atomic E-state index is -0.0539. The summed E-state index contributed by atoms with van der Waals surface area (Å²) in [6.45, 7) is 2.71. The number of nitrogens with two attached hydrogens (primary N) is 1. The van der Waals surface area contributed by atoms with Crippen LogP contribution in [0.5, 0.6) is 0 Å². The molecule has 86 valence electrons. The lowest BCUT2D eigenvalue weighted by molar-refractivity contribution is 0.0770. The Morgan fingerprint density at radius 1 is 1.62 bits per heavy atom. The fourth-order valence-electron chi connectivity index (χ4n) is 2.04. The summed E-state index contributed by atoms with van der Waals surface area (Å²) in [5.41, 5.74) is 7.47. The Morgan fingerprint density at radius 2 is 2.38 bits per heavy atom. The van der Waals surface area contributed by atoms with Gasteiger partial charge in [-0.15, -0.1) is 0 Å². The Hall–Kier alpha value is -0.940. The van der Waals surface area contributed by atoms with Crippen molar-refractivity contribution in [1.29, 1.82) is 0 Å². The number of rotatable bonds is 2. The highest BCUT2D eigenvalue weighted by molar-refractivity contribution is 7.80. The van der Waals surface area contributed by atoms with Crippen LogP contribution in [-0.2, 0) is 0 Å². The molecule has 1 saturated heterocycles. The number of aryl methyl sites for hydroxylation is 1. The first-order chi connectivity index (χ1) is 7.61. The average Bonchev–Trinajstić information content (AvgIpc) is 2.84. The number of likely N-dealkylation sites (tertiary alicyclic amines) is 1.